The van der Waals surface area contributed by atoms with Crippen molar-refractivity contribution in [3.8, 4) is 11.5 Å². The average molecular weight is 400 g/mol. The molecule has 0 bridgehead atoms. The summed E-state index contributed by atoms with van der Waals surface area (Å²) in [6.07, 6.45) is 0. The van der Waals surface area contributed by atoms with E-state index in [1.54, 1.807) is 29.2 Å². The minimum Gasteiger partial charge on any atom is -0.486 e. The Morgan fingerprint density at radius 2 is 1.63 bits per heavy atom. The van der Waals surface area contributed by atoms with E-state index in [1.165, 1.54) is 0 Å². The monoisotopic (exact) mass is 400 g/mol. The SMILES string of the molecule is O=C(Nc1ccc2c(c1)OCCO2)[C@@H](c1ccccc1)N1Cc2ccccc2C1=O. The number of carbonyl (C=O) groups excluding carboxylic acids is 2. The number of fused-ring (bicyclic) bond motifs is 2. The van der Waals surface area contributed by atoms with Crippen molar-refractivity contribution in [1.82, 2.24) is 4.90 Å². The van der Waals surface area contributed by atoms with Crippen LogP contribution in [0.4, 0.5) is 5.69 Å². The summed E-state index contributed by atoms with van der Waals surface area (Å²) in [6.45, 7) is 1.37. The highest BCUT2D eigenvalue weighted by atomic mass is 16.6. The molecule has 1 N–H and O–H groups in total. The third kappa shape index (κ3) is 3.26. The number of amides is 2. The fourth-order valence-electron chi connectivity index (χ4n) is 3.93. The van der Waals surface area contributed by atoms with Gasteiger partial charge in [0.05, 0.1) is 0 Å². The second-order valence-electron chi connectivity index (χ2n) is 7.25. The first kappa shape index (κ1) is 18.2. The zero-order valence-electron chi connectivity index (χ0n) is 16.2. The Bertz CT molecular complexity index is 1110. The first-order chi connectivity index (χ1) is 14.7. The van der Waals surface area contributed by atoms with Gasteiger partial charge in [-0.15, -0.1) is 0 Å². The molecule has 0 fully saturated rings. The van der Waals surface area contributed by atoms with E-state index in [-0.39, 0.29) is 11.8 Å². The van der Waals surface area contributed by atoms with E-state index in [2.05, 4.69) is 5.32 Å². The molecule has 3 aromatic rings. The number of hydrogen-bond acceptors (Lipinski definition) is 4. The van der Waals surface area contributed by atoms with Gasteiger partial charge in [0.25, 0.3) is 11.8 Å². The van der Waals surface area contributed by atoms with Crippen LogP contribution in [-0.4, -0.2) is 29.9 Å². The normalized spacial score (nSPS) is 15.5. The summed E-state index contributed by atoms with van der Waals surface area (Å²) in [5.74, 6) is 0.833. The molecule has 6 heteroatoms. The zero-order chi connectivity index (χ0) is 20.5. The molecule has 3 aromatic carbocycles. The van der Waals surface area contributed by atoms with Crippen LogP contribution in [0.2, 0.25) is 0 Å². The molecule has 2 heterocycles. The molecule has 0 radical (unpaired) electrons. The van der Waals surface area contributed by atoms with Gasteiger partial charge in [-0.05, 0) is 29.3 Å². The fraction of sp³-hybridized carbons (Fsp3) is 0.167. The number of ether oxygens (including phenoxy) is 2. The highest BCUT2D eigenvalue weighted by Gasteiger charge is 2.37. The standard InChI is InChI=1S/C24H20N2O4/c27-23(25-18-10-11-20-21(14-18)30-13-12-29-20)22(16-6-2-1-3-7-16)26-15-17-8-4-5-9-19(17)24(26)28/h1-11,14,22H,12-13,15H2,(H,25,27)/t22-/m1/s1. The predicted octanol–water partition coefficient (Wildman–Crippen LogP) is 3.79. The Kier molecular flexibility index (Phi) is 4.59. The number of benzene rings is 3. The van der Waals surface area contributed by atoms with Crippen molar-refractivity contribution < 1.29 is 19.1 Å². The summed E-state index contributed by atoms with van der Waals surface area (Å²) in [7, 11) is 0. The number of nitrogens with one attached hydrogen (secondary N) is 1. The highest BCUT2D eigenvalue weighted by molar-refractivity contribution is 6.04. The molecule has 0 spiro atoms. The maximum Gasteiger partial charge on any atom is 0.255 e. The molecule has 30 heavy (non-hydrogen) atoms. The first-order valence-corrected chi connectivity index (χ1v) is 9.85. The number of carbonyl (C=O) groups is 2. The van der Waals surface area contributed by atoms with E-state index in [0.717, 1.165) is 11.1 Å². The predicted molar refractivity (Wildman–Crippen MR) is 112 cm³/mol. The van der Waals surface area contributed by atoms with Crippen LogP contribution < -0.4 is 14.8 Å². The lowest BCUT2D eigenvalue weighted by Gasteiger charge is -2.27. The van der Waals surface area contributed by atoms with Crippen molar-refractivity contribution in [2.24, 2.45) is 0 Å². The van der Waals surface area contributed by atoms with Crippen molar-refractivity contribution in [3.05, 3.63) is 89.5 Å². The van der Waals surface area contributed by atoms with E-state index < -0.39 is 6.04 Å². The summed E-state index contributed by atoms with van der Waals surface area (Å²) in [6, 6.07) is 21.4. The molecule has 2 aliphatic heterocycles. The van der Waals surface area contributed by atoms with Gasteiger partial charge >= 0.3 is 0 Å². The van der Waals surface area contributed by atoms with Gasteiger partial charge in [0.15, 0.2) is 11.5 Å². The lowest BCUT2D eigenvalue weighted by atomic mass is 10.0. The molecular weight excluding hydrogens is 380 g/mol. The largest absolute Gasteiger partial charge is 0.486 e. The smallest absolute Gasteiger partial charge is 0.255 e. The number of anilines is 1. The third-order valence-corrected chi connectivity index (χ3v) is 5.33. The second-order valence-corrected chi connectivity index (χ2v) is 7.25. The van der Waals surface area contributed by atoms with Crippen molar-refractivity contribution in [3.63, 3.8) is 0 Å². The Morgan fingerprint density at radius 3 is 2.43 bits per heavy atom. The van der Waals surface area contributed by atoms with Crippen LogP contribution in [0.25, 0.3) is 0 Å². The molecule has 150 valence electrons. The van der Waals surface area contributed by atoms with Crippen LogP contribution in [0.3, 0.4) is 0 Å². The first-order valence-electron chi connectivity index (χ1n) is 9.85. The van der Waals surface area contributed by atoms with E-state index in [4.69, 9.17) is 9.47 Å². The van der Waals surface area contributed by atoms with Gasteiger partial charge in [-0.1, -0.05) is 48.5 Å². The Balaban J connectivity index is 1.46. The lowest BCUT2D eigenvalue weighted by molar-refractivity contribution is -0.120. The molecule has 2 amide bonds. The maximum absolute atomic E-state index is 13.4. The molecule has 0 unspecified atom stereocenters. The van der Waals surface area contributed by atoms with Gasteiger partial charge in [-0.2, -0.15) is 0 Å². The van der Waals surface area contributed by atoms with E-state index in [1.807, 2.05) is 48.5 Å². The van der Waals surface area contributed by atoms with Crippen molar-refractivity contribution >= 4 is 17.5 Å². The Labute approximate surface area is 174 Å². The summed E-state index contributed by atoms with van der Waals surface area (Å²) >= 11 is 0. The molecule has 1 atom stereocenters. The summed E-state index contributed by atoms with van der Waals surface area (Å²) < 4.78 is 11.1. The number of nitrogens with zero attached hydrogens (tertiary/aromatic N) is 1. The summed E-state index contributed by atoms with van der Waals surface area (Å²) in [4.78, 5) is 28.1. The third-order valence-electron chi connectivity index (χ3n) is 5.33. The summed E-state index contributed by atoms with van der Waals surface area (Å²) in [5, 5.41) is 2.95. The van der Waals surface area contributed by atoms with Gasteiger partial charge in [0.2, 0.25) is 0 Å². The molecule has 0 saturated heterocycles. The van der Waals surface area contributed by atoms with Crippen LogP contribution in [0.15, 0.2) is 72.8 Å². The number of rotatable bonds is 4. The van der Waals surface area contributed by atoms with Gasteiger partial charge in [0, 0.05) is 23.9 Å². The molecule has 6 nitrogen and oxygen atoms in total. The van der Waals surface area contributed by atoms with Crippen molar-refractivity contribution in [2.45, 2.75) is 12.6 Å². The van der Waals surface area contributed by atoms with E-state index in [9.17, 15) is 9.59 Å². The quantitative estimate of drug-likeness (QED) is 0.724. The van der Waals surface area contributed by atoms with Gasteiger partial charge in [-0.25, -0.2) is 0 Å². The fourth-order valence-corrected chi connectivity index (χ4v) is 3.93. The average Bonchev–Trinajstić information content (AvgIpc) is 3.11. The zero-order valence-corrected chi connectivity index (χ0v) is 16.2. The van der Waals surface area contributed by atoms with E-state index >= 15 is 0 Å². The Hall–Kier alpha value is -3.80. The molecular formula is C24H20N2O4. The van der Waals surface area contributed by atoms with Crippen molar-refractivity contribution in [2.75, 3.05) is 18.5 Å². The van der Waals surface area contributed by atoms with Crippen LogP contribution >= 0.6 is 0 Å². The second kappa shape index (κ2) is 7.55. The van der Waals surface area contributed by atoms with E-state index in [0.29, 0.717) is 42.5 Å². The molecule has 0 aliphatic carbocycles. The van der Waals surface area contributed by atoms with Gasteiger partial charge in [-0.3, -0.25) is 9.59 Å². The molecule has 5 rings (SSSR count). The minimum absolute atomic E-state index is 0.142. The van der Waals surface area contributed by atoms with Crippen LogP contribution in [0.1, 0.15) is 27.5 Å². The topological polar surface area (TPSA) is 67.9 Å². The molecule has 2 aliphatic rings. The highest BCUT2D eigenvalue weighted by Crippen LogP contribution is 2.35. The molecule has 0 aromatic heterocycles. The lowest BCUT2D eigenvalue weighted by Crippen LogP contribution is -2.37. The van der Waals surface area contributed by atoms with Gasteiger partial charge in [0.1, 0.15) is 19.3 Å². The summed E-state index contributed by atoms with van der Waals surface area (Å²) in [5.41, 5.74) is 2.92. The van der Waals surface area contributed by atoms with Gasteiger partial charge < -0.3 is 19.7 Å². The Morgan fingerprint density at radius 1 is 0.900 bits per heavy atom. The number of hydrogen-bond donors (Lipinski definition) is 1. The molecule has 0 saturated carbocycles. The van der Waals surface area contributed by atoms with Crippen LogP contribution in [-0.2, 0) is 11.3 Å². The van der Waals surface area contributed by atoms with Crippen LogP contribution in [0, 0.1) is 0 Å². The van der Waals surface area contributed by atoms with Crippen molar-refractivity contribution in [1.29, 1.82) is 0 Å². The maximum atomic E-state index is 13.4. The van der Waals surface area contributed by atoms with Crippen LogP contribution in [0.5, 0.6) is 11.5 Å². The minimum atomic E-state index is -0.751.